The highest BCUT2D eigenvalue weighted by molar-refractivity contribution is 5.68. The highest BCUT2D eigenvalue weighted by Gasteiger charge is 2.04. The summed E-state index contributed by atoms with van der Waals surface area (Å²) >= 11 is 0. The summed E-state index contributed by atoms with van der Waals surface area (Å²) in [5.74, 6) is 0. The lowest BCUT2D eigenvalue weighted by Gasteiger charge is -2.10. The van der Waals surface area contributed by atoms with Crippen molar-refractivity contribution in [3.63, 3.8) is 0 Å². The molecule has 0 N–H and O–H groups in total. The minimum atomic E-state index is 0.150. The first-order chi connectivity index (χ1) is 6.37. The topological polar surface area (TPSA) is 12.4 Å². The highest BCUT2D eigenvalue weighted by atomic mass is 14.7. The van der Waals surface area contributed by atoms with Gasteiger partial charge in [-0.2, -0.15) is 0 Å². The predicted octanol–water partition coefficient (Wildman–Crippen LogP) is 4.05. The van der Waals surface area contributed by atoms with Crippen molar-refractivity contribution in [2.24, 2.45) is 10.4 Å². The van der Waals surface area contributed by atoms with Crippen LogP contribution in [0.2, 0.25) is 0 Å². The van der Waals surface area contributed by atoms with Gasteiger partial charge in [0.25, 0.3) is 0 Å². The first-order valence-corrected chi connectivity index (χ1v) is 5.00. The summed E-state index contributed by atoms with van der Waals surface area (Å²) in [6, 6.07) is 6.38. The monoisotopic (exact) mass is 189 g/mol. The molecule has 0 aliphatic heterocycles. The molecule has 0 radical (unpaired) electrons. The summed E-state index contributed by atoms with van der Waals surface area (Å²) in [5, 5.41) is 0. The Hall–Kier alpha value is -1.11. The van der Waals surface area contributed by atoms with Gasteiger partial charge in [0.2, 0.25) is 0 Å². The smallest absolute Gasteiger partial charge is 0.0631 e. The van der Waals surface area contributed by atoms with E-state index in [-0.39, 0.29) is 5.41 Å². The average Bonchev–Trinajstić information content (AvgIpc) is 1.97. The van der Waals surface area contributed by atoms with Gasteiger partial charge in [-0.1, -0.05) is 26.8 Å². The van der Waals surface area contributed by atoms with E-state index in [4.69, 9.17) is 0 Å². The van der Waals surface area contributed by atoms with Gasteiger partial charge in [-0.05, 0) is 42.5 Å². The molecule has 0 saturated heterocycles. The van der Waals surface area contributed by atoms with Crippen molar-refractivity contribution in [3.8, 4) is 0 Å². The maximum atomic E-state index is 4.47. The van der Waals surface area contributed by atoms with Gasteiger partial charge in [0, 0.05) is 6.21 Å². The first kappa shape index (κ1) is 11.0. The van der Waals surface area contributed by atoms with Gasteiger partial charge in [0.15, 0.2) is 0 Å². The second kappa shape index (κ2) is 3.95. The zero-order valence-electron chi connectivity index (χ0n) is 9.76. The third-order valence-electron chi connectivity index (χ3n) is 1.81. The molecule has 1 aromatic rings. The Morgan fingerprint density at radius 1 is 1.00 bits per heavy atom. The SMILES string of the molecule is Cc1cc(C)cc(N=CC(C)(C)C)c1. The molecule has 0 saturated carbocycles. The van der Waals surface area contributed by atoms with Gasteiger partial charge < -0.3 is 0 Å². The molecule has 0 fully saturated rings. The van der Waals surface area contributed by atoms with Crippen molar-refractivity contribution in [1.82, 2.24) is 0 Å². The lowest BCUT2D eigenvalue weighted by atomic mass is 9.99. The summed E-state index contributed by atoms with van der Waals surface area (Å²) in [6.07, 6.45) is 2.00. The van der Waals surface area contributed by atoms with Crippen molar-refractivity contribution in [1.29, 1.82) is 0 Å². The van der Waals surface area contributed by atoms with E-state index in [1.54, 1.807) is 0 Å². The van der Waals surface area contributed by atoms with Crippen LogP contribution in [-0.4, -0.2) is 6.21 Å². The Morgan fingerprint density at radius 3 is 1.93 bits per heavy atom. The van der Waals surface area contributed by atoms with Crippen LogP contribution in [0.3, 0.4) is 0 Å². The number of aryl methyl sites for hydroxylation is 2. The lowest BCUT2D eigenvalue weighted by molar-refractivity contribution is 0.607. The molecule has 1 aromatic carbocycles. The highest BCUT2D eigenvalue weighted by Crippen LogP contribution is 2.18. The average molecular weight is 189 g/mol. The minimum Gasteiger partial charge on any atom is -0.261 e. The van der Waals surface area contributed by atoms with Crippen LogP contribution >= 0.6 is 0 Å². The first-order valence-electron chi connectivity index (χ1n) is 5.00. The third kappa shape index (κ3) is 3.73. The van der Waals surface area contributed by atoms with E-state index in [1.165, 1.54) is 11.1 Å². The maximum Gasteiger partial charge on any atom is 0.0631 e. The van der Waals surface area contributed by atoms with Crippen LogP contribution in [0, 0.1) is 19.3 Å². The molecule has 0 bridgehead atoms. The molecule has 1 heteroatoms. The number of rotatable bonds is 1. The predicted molar refractivity (Wildman–Crippen MR) is 63.5 cm³/mol. The Kier molecular flexibility index (Phi) is 3.10. The Balaban J connectivity index is 2.92. The van der Waals surface area contributed by atoms with Crippen LogP contribution in [0.15, 0.2) is 23.2 Å². The summed E-state index contributed by atoms with van der Waals surface area (Å²) in [7, 11) is 0. The molecule has 1 nitrogen and oxygen atoms in total. The number of nitrogens with zero attached hydrogens (tertiary/aromatic N) is 1. The van der Waals surface area contributed by atoms with E-state index >= 15 is 0 Å². The van der Waals surface area contributed by atoms with Gasteiger partial charge in [-0.3, -0.25) is 4.99 Å². The summed E-state index contributed by atoms with van der Waals surface area (Å²) in [6.45, 7) is 10.7. The zero-order chi connectivity index (χ0) is 10.8. The summed E-state index contributed by atoms with van der Waals surface area (Å²) < 4.78 is 0. The van der Waals surface area contributed by atoms with Gasteiger partial charge >= 0.3 is 0 Å². The fourth-order valence-corrected chi connectivity index (χ4v) is 1.29. The molecule has 0 aliphatic carbocycles. The largest absolute Gasteiger partial charge is 0.261 e. The summed E-state index contributed by atoms with van der Waals surface area (Å²) in [4.78, 5) is 4.47. The van der Waals surface area contributed by atoms with Crippen LogP contribution < -0.4 is 0 Å². The zero-order valence-corrected chi connectivity index (χ0v) is 9.76. The van der Waals surface area contributed by atoms with Crippen molar-refractivity contribution in [2.45, 2.75) is 34.6 Å². The third-order valence-corrected chi connectivity index (χ3v) is 1.81. The van der Waals surface area contributed by atoms with Crippen LogP contribution in [0.25, 0.3) is 0 Å². The standard InChI is InChI=1S/C13H19N/c1-10-6-11(2)8-12(7-10)14-9-13(3,4)5/h6-9H,1-5H3. The molecule has 0 unspecified atom stereocenters. The molecule has 1 rings (SSSR count). The quantitative estimate of drug-likeness (QED) is 0.591. The van der Waals surface area contributed by atoms with Crippen molar-refractivity contribution in [2.75, 3.05) is 0 Å². The molecular weight excluding hydrogens is 170 g/mol. The van der Waals surface area contributed by atoms with Gasteiger partial charge in [-0.25, -0.2) is 0 Å². The number of aliphatic imine (C=N–C) groups is 1. The fourth-order valence-electron chi connectivity index (χ4n) is 1.29. The number of benzene rings is 1. The molecule has 14 heavy (non-hydrogen) atoms. The maximum absolute atomic E-state index is 4.47. The second-order valence-electron chi connectivity index (χ2n) is 4.97. The number of hydrogen-bond acceptors (Lipinski definition) is 1. The van der Waals surface area contributed by atoms with Crippen molar-refractivity contribution < 1.29 is 0 Å². The molecule has 0 amide bonds. The molecular formula is C13H19N. The molecule has 76 valence electrons. The Morgan fingerprint density at radius 2 is 1.50 bits per heavy atom. The molecule has 0 spiro atoms. The number of hydrogen-bond donors (Lipinski definition) is 0. The van der Waals surface area contributed by atoms with E-state index < -0.39 is 0 Å². The van der Waals surface area contributed by atoms with E-state index in [9.17, 15) is 0 Å². The van der Waals surface area contributed by atoms with Gasteiger partial charge in [0.05, 0.1) is 5.69 Å². The van der Waals surface area contributed by atoms with E-state index in [1.807, 2.05) is 6.21 Å². The van der Waals surface area contributed by atoms with Gasteiger partial charge in [0.1, 0.15) is 0 Å². The van der Waals surface area contributed by atoms with Crippen LogP contribution in [-0.2, 0) is 0 Å². The van der Waals surface area contributed by atoms with Crippen molar-refractivity contribution in [3.05, 3.63) is 29.3 Å². The normalized spacial score (nSPS) is 12.4. The van der Waals surface area contributed by atoms with Crippen LogP contribution in [0.1, 0.15) is 31.9 Å². The molecule has 0 atom stereocenters. The van der Waals surface area contributed by atoms with E-state index in [0.717, 1.165) is 5.69 Å². The molecule has 0 aromatic heterocycles. The van der Waals surface area contributed by atoms with Crippen LogP contribution in [0.5, 0.6) is 0 Å². The minimum absolute atomic E-state index is 0.150. The van der Waals surface area contributed by atoms with E-state index in [2.05, 4.69) is 57.8 Å². The van der Waals surface area contributed by atoms with Gasteiger partial charge in [-0.15, -0.1) is 0 Å². The fraction of sp³-hybridized carbons (Fsp3) is 0.462. The Bertz CT molecular complexity index is 322. The molecule has 0 heterocycles. The van der Waals surface area contributed by atoms with E-state index in [0.29, 0.717) is 0 Å². The van der Waals surface area contributed by atoms with Crippen molar-refractivity contribution >= 4 is 11.9 Å². The second-order valence-corrected chi connectivity index (χ2v) is 4.97. The Labute approximate surface area is 86.9 Å². The lowest BCUT2D eigenvalue weighted by Crippen LogP contribution is -2.05. The van der Waals surface area contributed by atoms with Crippen LogP contribution in [0.4, 0.5) is 5.69 Å². The molecule has 0 aliphatic rings. The summed E-state index contributed by atoms with van der Waals surface area (Å²) in [5.41, 5.74) is 3.74.